The molecule has 6 heteroatoms. The number of aromatic nitrogens is 3. The molecule has 2 aromatic rings. The van der Waals surface area contributed by atoms with Crippen LogP contribution in [0.4, 0.5) is 4.39 Å². The number of H-pyrrole nitrogens is 1. The van der Waals surface area contributed by atoms with Crippen LogP contribution < -0.4 is 0 Å². The van der Waals surface area contributed by atoms with Gasteiger partial charge in [0.2, 0.25) is 0 Å². The minimum atomic E-state index is -0.470. The van der Waals surface area contributed by atoms with Crippen molar-refractivity contribution in [3.8, 4) is 5.69 Å². The van der Waals surface area contributed by atoms with Crippen LogP contribution in [-0.4, -0.2) is 14.8 Å². The monoisotopic (exact) mass is 271 g/mol. The Bertz CT molecular complexity index is 603. The minimum Gasteiger partial charge on any atom is -0.272 e. The summed E-state index contributed by atoms with van der Waals surface area (Å²) in [6, 6.07) is 4.56. The first-order chi connectivity index (χ1) is 8.00. The second kappa shape index (κ2) is 4.58. The number of aromatic amines is 1. The van der Waals surface area contributed by atoms with E-state index >= 15 is 0 Å². The lowest BCUT2D eigenvalue weighted by Gasteiger charge is -2.09. The molecule has 1 heterocycles. The van der Waals surface area contributed by atoms with Gasteiger partial charge in [-0.25, -0.2) is 4.39 Å². The average molecular weight is 272 g/mol. The van der Waals surface area contributed by atoms with E-state index in [-0.39, 0.29) is 10.9 Å². The first kappa shape index (κ1) is 12.3. The predicted molar refractivity (Wildman–Crippen MR) is 67.8 cm³/mol. The average Bonchev–Trinajstić information content (AvgIpc) is 2.64. The zero-order valence-corrected chi connectivity index (χ0v) is 10.9. The van der Waals surface area contributed by atoms with Gasteiger partial charge in [0.25, 0.3) is 0 Å². The molecule has 1 aromatic carbocycles. The Kier molecular flexibility index (Phi) is 3.31. The maximum Gasteiger partial charge on any atom is 0.199 e. The van der Waals surface area contributed by atoms with Crippen LogP contribution in [-0.2, 0) is 0 Å². The van der Waals surface area contributed by atoms with E-state index in [9.17, 15) is 4.39 Å². The maximum atomic E-state index is 13.4. The van der Waals surface area contributed by atoms with Gasteiger partial charge in [-0.2, -0.15) is 5.10 Å². The predicted octanol–water partition coefficient (Wildman–Crippen LogP) is 3.85. The van der Waals surface area contributed by atoms with E-state index in [1.54, 1.807) is 10.6 Å². The van der Waals surface area contributed by atoms with Crippen molar-refractivity contribution in [3.63, 3.8) is 0 Å². The fourth-order valence-electron chi connectivity index (χ4n) is 1.57. The molecule has 0 radical (unpaired) electrons. The van der Waals surface area contributed by atoms with E-state index < -0.39 is 5.82 Å². The van der Waals surface area contributed by atoms with Gasteiger partial charge in [0.1, 0.15) is 11.6 Å². The Balaban J connectivity index is 2.63. The zero-order valence-electron chi connectivity index (χ0n) is 9.37. The number of nitrogens with one attached hydrogen (secondary N) is 1. The normalized spacial score (nSPS) is 11.1. The quantitative estimate of drug-likeness (QED) is 0.842. The van der Waals surface area contributed by atoms with Crippen molar-refractivity contribution >= 4 is 23.8 Å². The third kappa shape index (κ3) is 2.25. The standard InChI is InChI=1S/C11H11ClFN3S/c1-6(2)10-14-15-11(17)16(10)7-3-4-8(12)9(13)5-7/h3-6H,1-2H3,(H,15,17). The van der Waals surface area contributed by atoms with Gasteiger partial charge < -0.3 is 0 Å². The summed E-state index contributed by atoms with van der Waals surface area (Å²) in [5.41, 5.74) is 0.620. The zero-order chi connectivity index (χ0) is 12.6. The third-order valence-electron chi connectivity index (χ3n) is 2.38. The van der Waals surface area contributed by atoms with E-state index in [4.69, 9.17) is 23.8 Å². The van der Waals surface area contributed by atoms with Crippen LogP contribution in [0.2, 0.25) is 5.02 Å². The van der Waals surface area contributed by atoms with Gasteiger partial charge in [0.15, 0.2) is 4.77 Å². The molecule has 3 nitrogen and oxygen atoms in total. The Hall–Kier alpha value is -1.20. The molecule has 0 atom stereocenters. The molecule has 0 aliphatic rings. The SMILES string of the molecule is CC(C)c1n[nH]c(=S)n1-c1ccc(Cl)c(F)c1. The largest absolute Gasteiger partial charge is 0.272 e. The van der Waals surface area contributed by atoms with Crippen molar-refractivity contribution in [2.75, 3.05) is 0 Å². The molecule has 0 bridgehead atoms. The van der Waals surface area contributed by atoms with Crippen molar-refractivity contribution in [1.29, 1.82) is 0 Å². The van der Waals surface area contributed by atoms with E-state index in [1.165, 1.54) is 12.1 Å². The second-order valence-corrected chi connectivity index (χ2v) is 4.77. The molecular formula is C11H11ClFN3S. The number of hydrogen-bond acceptors (Lipinski definition) is 2. The highest BCUT2D eigenvalue weighted by Crippen LogP contribution is 2.21. The highest BCUT2D eigenvalue weighted by Gasteiger charge is 2.12. The number of halogens is 2. The van der Waals surface area contributed by atoms with E-state index in [0.29, 0.717) is 10.5 Å². The summed E-state index contributed by atoms with van der Waals surface area (Å²) in [5.74, 6) is 0.473. The first-order valence-corrected chi connectivity index (χ1v) is 5.92. The molecule has 2 rings (SSSR count). The summed E-state index contributed by atoms with van der Waals surface area (Å²) in [7, 11) is 0. The van der Waals surface area contributed by atoms with E-state index in [0.717, 1.165) is 5.82 Å². The molecule has 0 fully saturated rings. The highest BCUT2D eigenvalue weighted by molar-refractivity contribution is 7.71. The number of hydrogen-bond donors (Lipinski definition) is 1. The molecule has 0 aliphatic heterocycles. The molecule has 0 saturated carbocycles. The fraction of sp³-hybridized carbons (Fsp3) is 0.273. The van der Waals surface area contributed by atoms with Crippen LogP contribution in [0.15, 0.2) is 18.2 Å². The molecular weight excluding hydrogens is 261 g/mol. The van der Waals surface area contributed by atoms with Crippen LogP contribution in [0.5, 0.6) is 0 Å². The summed E-state index contributed by atoms with van der Waals surface area (Å²) < 4.78 is 15.6. The molecule has 0 spiro atoms. The molecule has 0 unspecified atom stereocenters. The third-order valence-corrected chi connectivity index (χ3v) is 2.96. The molecule has 0 saturated heterocycles. The van der Waals surface area contributed by atoms with Crippen LogP contribution in [0.1, 0.15) is 25.6 Å². The molecule has 17 heavy (non-hydrogen) atoms. The van der Waals surface area contributed by atoms with Crippen molar-refractivity contribution in [3.05, 3.63) is 39.6 Å². The lowest BCUT2D eigenvalue weighted by Crippen LogP contribution is -2.03. The van der Waals surface area contributed by atoms with Crippen molar-refractivity contribution < 1.29 is 4.39 Å². The lowest BCUT2D eigenvalue weighted by atomic mass is 10.2. The second-order valence-electron chi connectivity index (χ2n) is 3.98. The van der Waals surface area contributed by atoms with Crippen molar-refractivity contribution in [2.24, 2.45) is 0 Å². The molecule has 1 aromatic heterocycles. The summed E-state index contributed by atoms with van der Waals surface area (Å²) in [6.45, 7) is 3.99. The van der Waals surface area contributed by atoms with Gasteiger partial charge in [0.05, 0.1) is 10.7 Å². The fourth-order valence-corrected chi connectivity index (χ4v) is 1.93. The smallest absolute Gasteiger partial charge is 0.199 e. The Morgan fingerprint density at radius 2 is 2.18 bits per heavy atom. The van der Waals surface area contributed by atoms with Crippen LogP contribution in [0, 0.1) is 10.6 Å². The summed E-state index contributed by atoms with van der Waals surface area (Å²) in [5, 5.41) is 6.94. The van der Waals surface area contributed by atoms with Gasteiger partial charge in [-0.05, 0) is 30.4 Å². The molecule has 90 valence electrons. The van der Waals surface area contributed by atoms with E-state index in [2.05, 4.69) is 10.2 Å². The van der Waals surface area contributed by atoms with Gasteiger partial charge >= 0.3 is 0 Å². The Labute approximate surface area is 108 Å². The molecule has 0 amide bonds. The first-order valence-electron chi connectivity index (χ1n) is 5.13. The van der Waals surface area contributed by atoms with Crippen LogP contribution >= 0.6 is 23.8 Å². The molecule has 0 aliphatic carbocycles. The number of nitrogens with zero attached hydrogens (tertiary/aromatic N) is 2. The van der Waals surface area contributed by atoms with Crippen molar-refractivity contribution in [1.82, 2.24) is 14.8 Å². The van der Waals surface area contributed by atoms with Crippen molar-refractivity contribution in [2.45, 2.75) is 19.8 Å². The van der Waals surface area contributed by atoms with Gasteiger partial charge in [-0.1, -0.05) is 25.4 Å². The Morgan fingerprint density at radius 1 is 1.47 bits per heavy atom. The maximum absolute atomic E-state index is 13.4. The van der Waals surface area contributed by atoms with Crippen LogP contribution in [0.25, 0.3) is 5.69 Å². The van der Waals surface area contributed by atoms with Gasteiger partial charge in [-0.3, -0.25) is 9.67 Å². The van der Waals surface area contributed by atoms with Gasteiger partial charge in [0, 0.05) is 5.92 Å². The summed E-state index contributed by atoms with van der Waals surface area (Å²) in [6.07, 6.45) is 0. The minimum absolute atomic E-state index is 0.0925. The van der Waals surface area contributed by atoms with E-state index in [1.807, 2.05) is 13.8 Å². The topological polar surface area (TPSA) is 33.6 Å². The summed E-state index contributed by atoms with van der Waals surface area (Å²) in [4.78, 5) is 0. The lowest BCUT2D eigenvalue weighted by molar-refractivity contribution is 0.626. The molecule has 1 N–H and O–H groups in total. The van der Waals surface area contributed by atoms with Gasteiger partial charge in [-0.15, -0.1) is 0 Å². The van der Waals surface area contributed by atoms with Crippen LogP contribution in [0.3, 0.4) is 0 Å². The Morgan fingerprint density at radius 3 is 2.76 bits per heavy atom. The summed E-state index contributed by atoms with van der Waals surface area (Å²) >= 11 is 10.8. The number of benzene rings is 1. The number of rotatable bonds is 2. The highest BCUT2D eigenvalue weighted by atomic mass is 35.5.